The van der Waals surface area contributed by atoms with Crippen molar-refractivity contribution in [3.63, 3.8) is 0 Å². The van der Waals surface area contributed by atoms with Gasteiger partial charge in [-0.2, -0.15) is 41.5 Å². The summed E-state index contributed by atoms with van der Waals surface area (Å²) in [5.41, 5.74) is -5.66. The van der Waals surface area contributed by atoms with Gasteiger partial charge >= 0.3 is 18.3 Å². The van der Waals surface area contributed by atoms with Crippen molar-refractivity contribution in [3.05, 3.63) is 73.6 Å². The van der Waals surface area contributed by atoms with Crippen molar-refractivity contribution in [3.8, 4) is 0 Å². The molecule has 0 aliphatic carbocycles. The molecule has 0 unspecified atom stereocenters. The molecule has 2 aromatic heterocycles. The molecule has 0 saturated carbocycles. The van der Waals surface area contributed by atoms with Crippen LogP contribution < -0.4 is 5.56 Å². The minimum absolute atomic E-state index is 0.0378. The molecule has 0 radical (unpaired) electrons. The average molecular weight is 592 g/mol. The molecule has 2 heterocycles. The standard InChI is InChI=1S/C22H12ClF6N5O4S/c1-2-38-19(37)15(32-31-12-6-9(21(24,25)26)5-10(7-12)22(27,28)29)16(35)18-33-34-14-8-11(23)3-4-13(14)17(36)30-20(34)39-18/h3-8,35H,2H2,1H3/b16-15-,32-31?. The van der Waals surface area contributed by atoms with Crippen LogP contribution in [0.25, 0.3) is 21.6 Å². The highest BCUT2D eigenvalue weighted by Gasteiger charge is 2.37. The Morgan fingerprint density at radius 3 is 2.33 bits per heavy atom. The Balaban J connectivity index is 1.88. The Labute approximate surface area is 221 Å². The van der Waals surface area contributed by atoms with Crippen molar-refractivity contribution in [1.82, 2.24) is 14.6 Å². The van der Waals surface area contributed by atoms with E-state index in [9.17, 15) is 41.0 Å². The maximum atomic E-state index is 13.2. The van der Waals surface area contributed by atoms with Crippen LogP contribution in [0.2, 0.25) is 5.02 Å². The fourth-order valence-electron chi connectivity index (χ4n) is 3.20. The minimum Gasteiger partial charge on any atom is -0.503 e. The Kier molecular flexibility index (Phi) is 7.36. The number of rotatable bonds is 5. The first-order valence-electron chi connectivity index (χ1n) is 10.5. The van der Waals surface area contributed by atoms with Gasteiger partial charge in [0.05, 0.1) is 34.3 Å². The molecule has 4 aromatic rings. The molecule has 4 rings (SSSR count). The zero-order valence-electron chi connectivity index (χ0n) is 19.1. The van der Waals surface area contributed by atoms with Crippen LogP contribution in [0.1, 0.15) is 23.1 Å². The molecule has 17 heteroatoms. The highest BCUT2D eigenvalue weighted by molar-refractivity contribution is 7.17. The highest BCUT2D eigenvalue weighted by atomic mass is 35.5. The topological polar surface area (TPSA) is 119 Å². The number of ether oxygens (including phenoxy) is 1. The SMILES string of the molecule is CCOC(=O)/C(N=Nc1cc(C(F)(F)F)cc(C(F)(F)F)c1)=C(/O)c1nn2c(nc(=O)c3ccc(Cl)cc32)s1. The number of fused-ring (bicyclic) bond motifs is 3. The lowest BCUT2D eigenvalue weighted by atomic mass is 10.1. The van der Waals surface area contributed by atoms with Crippen LogP contribution in [-0.4, -0.2) is 32.3 Å². The third kappa shape index (κ3) is 5.85. The van der Waals surface area contributed by atoms with E-state index in [1.165, 1.54) is 25.1 Å². The van der Waals surface area contributed by atoms with E-state index >= 15 is 0 Å². The number of halogens is 7. The lowest BCUT2D eigenvalue weighted by Gasteiger charge is -2.12. The van der Waals surface area contributed by atoms with Gasteiger partial charge in [0.15, 0.2) is 10.8 Å². The van der Waals surface area contributed by atoms with Crippen molar-refractivity contribution < 1.29 is 41.0 Å². The third-order valence-electron chi connectivity index (χ3n) is 4.91. The van der Waals surface area contributed by atoms with Crippen LogP contribution in [0.3, 0.4) is 0 Å². The largest absolute Gasteiger partial charge is 0.503 e. The van der Waals surface area contributed by atoms with Gasteiger partial charge in [-0.1, -0.05) is 22.9 Å². The monoisotopic (exact) mass is 591 g/mol. The predicted molar refractivity (Wildman–Crippen MR) is 127 cm³/mol. The smallest absolute Gasteiger partial charge is 0.416 e. The van der Waals surface area contributed by atoms with Gasteiger partial charge in [0.2, 0.25) is 10.7 Å². The van der Waals surface area contributed by atoms with Crippen molar-refractivity contribution in [2.75, 3.05) is 6.61 Å². The summed E-state index contributed by atoms with van der Waals surface area (Å²) in [5.74, 6) is -2.30. The molecule has 204 valence electrons. The van der Waals surface area contributed by atoms with Crippen molar-refractivity contribution >= 4 is 56.2 Å². The molecular formula is C22H12ClF6N5O4S. The van der Waals surface area contributed by atoms with Gasteiger partial charge in [-0.15, -0.1) is 5.11 Å². The second-order valence-electron chi connectivity index (χ2n) is 7.56. The first-order valence-corrected chi connectivity index (χ1v) is 11.7. The molecule has 0 aliphatic rings. The number of aliphatic hydroxyl groups excluding tert-OH is 1. The van der Waals surface area contributed by atoms with E-state index in [-0.39, 0.29) is 50.7 Å². The molecule has 0 fully saturated rings. The summed E-state index contributed by atoms with van der Waals surface area (Å²) >= 11 is 6.62. The lowest BCUT2D eigenvalue weighted by molar-refractivity contribution is -0.143. The molecule has 0 atom stereocenters. The Bertz CT molecular complexity index is 1700. The van der Waals surface area contributed by atoms with Gasteiger partial charge in [0, 0.05) is 5.02 Å². The van der Waals surface area contributed by atoms with E-state index in [4.69, 9.17) is 16.3 Å². The van der Waals surface area contributed by atoms with Crippen molar-refractivity contribution in [1.29, 1.82) is 0 Å². The van der Waals surface area contributed by atoms with Gasteiger partial charge in [0.1, 0.15) is 0 Å². The molecule has 0 saturated heterocycles. The zero-order valence-corrected chi connectivity index (χ0v) is 20.7. The number of alkyl halides is 6. The van der Waals surface area contributed by atoms with Gasteiger partial charge < -0.3 is 9.84 Å². The van der Waals surface area contributed by atoms with Crippen LogP contribution >= 0.6 is 22.9 Å². The number of carbonyl (C=O) groups is 1. The summed E-state index contributed by atoms with van der Waals surface area (Å²) in [6.07, 6.45) is -10.3. The molecule has 39 heavy (non-hydrogen) atoms. The number of esters is 1. The second kappa shape index (κ2) is 10.3. The van der Waals surface area contributed by atoms with Gasteiger partial charge in [-0.3, -0.25) is 4.79 Å². The molecule has 9 nitrogen and oxygen atoms in total. The minimum atomic E-state index is -5.15. The van der Waals surface area contributed by atoms with Crippen LogP contribution in [0.15, 0.2) is 57.1 Å². The molecule has 0 bridgehead atoms. The van der Waals surface area contributed by atoms with Crippen LogP contribution in [0.4, 0.5) is 32.0 Å². The van der Waals surface area contributed by atoms with E-state index in [1.54, 1.807) is 0 Å². The Morgan fingerprint density at radius 1 is 1.10 bits per heavy atom. The number of nitrogens with zero attached hydrogens (tertiary/aromatic N) is 5. The number of hydrogen-bond acceptors (Lipinski definition) is 9. The quantitative estimate of drug-likeness (QED) is 0.0922. The number of azo groups is 1. The van der Waals surface area contributed by atoms with E-state index in [0.29, 0.717) is 11.3 Å². The summed E-state index contributed by atoms with van der Waals surface area (Å²) in [5, 5.41) is 21.6. The molecule has 0 aliphatic heterocycles. The van der Waals surface area contributed by atoms with E-state index < -0.39 is 52.2 Å². The summed E-state index contributed by atoms with van der Waals surface area (Å²) in [7, 11) is 0. The maximum absolute atomic E-state index is 13.2. The number of benzene rings is 2. The predicted octanol–water partition coefficient (Wildman–Crippen LogP) is 6.57. The number of aromatic nitrogens is 3. The van der Waals surface area contributed by atoms with Crippen LogP contribution in [0.5, 0.6) is 0 Å². The van der Waals surface area contributed by atoms with E-state index in [0.717, 1.165) is 4.52 Å². The number of aliphatic hydroxyl groups is 1. The molecule has 2 aromatic carbocycles. The average Bonchev–Trinajstić information content (AvgIpc) is 3.27. The number of carbonyl (C=O) groups excluding carboxylic acids is 1. The fraction of sp³-hybridized carbons (Fsp3) is 0.182. The summed E-state index contributed by atoms with van der Waals surface area (Å²) in [6.45, 7) is 1.17. The molecular weight excluding hydrogens is 580 g/mol. The van der Waals surface area contributed by atoms with Gasteiger partial charge in [0.25, 0.3) is 5.56 Å². The first kappa shape index (κ1) is 28.0. The summed E-state index contributed by atoms with van der Waals surface area (Å²) in [4.78, 5) is 28.6. The van der Waals surface area contributed by atoms with Crippen molar-refractivity contribution in [2.45, 2.75) is 19.3 Å². The highest BCUT2D eigenvalue weighted by Crippen LogP contribution is 2.38. The zero-order chi connectivity index (χ0) is 28.7. The van der Waals surface area contributed by atoms with E-state index in [1.807, 2.05) is 0 Å². The normalized spacial score (nSPS) is 13.3. The fourth-order valence-corrected chi connectivity index (χ4v) is 4.21. The van der Waals surface area contributed by atoms with Crippen molar-refractivity contribution in [2.24, 2.45) is 10.2 Å². The Morgan fingerprint density at radius 2 is 1.74 bits per heavy atom. The molecule has 1 N–H and O–H groups in total. The van der Waals surface area contributed by atoms with E-state index in [2.05, 4.69) is 20.3 Å². The van der Waals surface area contributed by atoms with Crippen LogP contribution in [-0.2, 0) is 21.9 Å². The second-order valence-corrected chi connectivity index (χ2v) is 8.95. The van der Waals surface area contributed by atoms with Crippen LogP contribution in [0, 0.1) is 0 Å². The maximum Gasteiger partial charge on any atom is 0.416 e. The molecule has 0 amide bonds. The lowest BCUT2D eigenvalue weighted by Crippen LogP contribution is -2.10. The van der Waals surface area contributed by atoms with Gasteiger partial charge in [-0.05, 0) is 43.3 Å². The Hall–Kier alpha value is -4.05. The number of hydrogen-bond donors (Lipinski definition) is 1. The first-order chi connectivity index (χ1) is 18.2. The summed E-state index contributed by atoms with van der Waals surface area (Å²) < 4.78 is 84.9. The summed E-state index contributed by atoms with van der Waals surface area (Å²) in [6, 6.07) is 4.70. The third-order valence-corrected chi connectivity index (χ3v) is 6.06. The molecule has 0 spiro atoms. The van der Waals surface area contributed by atoms with Gasteiger partial charge in [-0.25, -0.2) is 9.31 Å².